The van der Waals surface area contributed by atoms with Crippen molar-refractivity contribution in [2.45, 2.75) is 334 Å². The second-order valence-corrected chi connectivity index (χ2v) is 19.9. The van der Waals surface area contributed by atoms with Crippen LogP contribution in [0.4, 0.5) is 0 Å². The Morgan fingerprint density at radius 2 is 0.523 bits per heavy atom. The lowest BCUT2D eigenvalue weighted by Crippen LogP contribution is -2.30. The van der Waals surface area contributed by atoms with Gasteiger partial charge in [0.15, 0.2) is 6.10 Å². The van der Waals surface area contributed by atoms with Gasteiger partial charge in [0, 0.05) is 19.3 Å². The molecule has 0 aromatic rings. The van der Waals surface area contributed by atoms with Crippen molar-refractivity contribution in [1.29, 1.82) is 0 Å². The third-order valence-corrected chi connectivity index (χ3v) is 13.3. The summed E-state index contributed by atoms with van der Waals surface area (Å²) in [5, 5.41) is 20.4. The standard InChI is InChI=1S/C57H110O8/c1-4-7-10-13-14-15-16-17-18-19-20-21-28-33-40-47-55(60)63-50-54(65-57(62)49-42-35-30-25-23-27-32-39-46-53(59)44-37-12-9-6-3)51-64-56(61)48-41-34-29-24-22-26-31-38-45-52(58)43-36-11-8-5-2/h52-54,58-59H,4-51H2,1-3H3. The molecule has 0 amide bonds. The summed E-state index contributed by atoms with van der Waals surface area (Å²) in [6.07, 6.45) is 49.6. The van der Waals surface area contributed by atoms with Crippen LogP contribution in [0, 0.1) is 0 Å². The normalized spacial score (nSPS) is 12.9. The lowest BCUT2D eigenvalue weighted by atomic mass is 10.0. The van der Waals surface area contributed by atoms with Crippen molar-refractivity contribution in [3.05, 3.63) is 0 Å². The lowest BCUT2D eigenvalue weighted by molar-refractivity contribution is -0.167. The molecule has 0 saturated carbocycles. The van der Waals surface area contributed by atoms with Gasteiger partial charge in [0.2, 0.25) is 0 Å². The lowest BCUT2D eigenvalue weighted by Gasteiger charge is -2.18. The van der Waals surface area contributed by atoms with E-state index in [0.29, 0.717) is 19.3 Å². The molecule has 2 N–H and O–H groups in total. The third-order valence-electron chi connectivity index (χ3n) is 13.3. The van der Waals surface area contributed by atoms with Crippen LogP contribution in [0.5, 0.6) is 0 Å². The number of aliphatic hydroxyl groups is 2. The molecule has 0 spiro atoms. The fourth-order valence-corrected chi connectivity index (χ4v) is 8.84. The summed E-state index contributed by atoms with van der Waals surface area (Å²) in [4.78, 5) is 38.1. The molecule has 0 radical (unpaired) electrons. The third kappa shape index (κ3) is 50.0. The van der Waals surface area contributed by atoms with Crippen LogP contribution in [0.1, 0.15) is 316 Å². The first-order chi connectivity index (χ1) is 31.8. The summed E-state index contributed by atoms with van der Waals surface area (Å²) in [6.45, 7) is 6.51. The molecule has 0 aromatic carbocycles. The van der Waals surface area contributed by atoms with Crippen molar-refractivity contribution in [2.75, 3.05) is 13.2 Å². The number of hydrogen-bond acceptors (Lipinski definition) is 8. The number of esters is 3. The van der Waals surface area contributed by atoms with Gasteiger partial charge < -0.3 is 24.4 Å². The van der Waals surface area contributed by atoms with E-state index in [2.05, 4.69) is 20.8 Å². The van der Waals surface area contributed by atoms with E-state index < -0.39 is 6.10 Å². The maximum absolute atomic E-state index is 12.8. The highest BCUT2D eigenvalue weighted by atomic mass is 16.6. The summed E-state index contributed by atoms with van der Waals surface area (Å²) in [5.74, 6) is -0.931. The molecule has 0 rings (SSSR count). The van der Waals surface area contributed by atoms with Crippen LogP contribution in [-0.4, -0.2) is 59.6 Å². The molecule has 65 heavy (non-hydrogen) atoms. The number of aliphatic hydroxyl groups excluding tert-OH is 2. The maximum atomic E-state index is 12.8. The Balaban J connectivity index is 4.37. The van der Waals surface area contributed by atoms with Gasteiger partial charge in [-0.15, -0.1) is 0 Å². The van der Waals surface area contributed by atoms with Gasteiger partial charge in [0.05, 0.1) is 12.2 Å². The zero-order chi connectivity index (χ0) is 47.5. The van der Waals surface area contributed by atoms with Crippen molar-refractivity contribution >= 4 is 17.9 Å². The van der Waals surface area contributed by atoms with Crippen LogP contribution in [0.25, 0.3) is 0 Å². The van der Waals surface area contributed by atoms with E-state index in [4.69, 9.17) is 14.2 Å². The van der Waals surface area contributed by atoms with Crippen molar-refractivity contribution in [3.8, 4) is 0 Å². The second-order valence-electron chi connectivity index (χ2n) is 19.9. The van der Waals surface area contributed by atoms with E-state index in [9.17, 15) is 24.6 Å². The van der Waals surface area contributed by atoms with Gasteiger partial charge in [-0.25, -0.2) is 0 Å². The van der Waals surface area contributed by atoms with Crippen molar-refractivity contribution < 1.29 is 38.8 Å². The molecule has 0 aliphatic heterocycles. The maximum Gasteiger partial charge on any atom is 0.306 e. The summed E-state index contributed by atoms with van der Waals surface area (Å²) < 4.78 is 16.8. The summed E-state index contributed by atoms with van der Waals surface area (Å²) in [7, 11) is 0. The summed E-state index contributed by atoms with van der Waals surface area (Å²) in [6, 6.07) is 0. The number of carbonyl (C=O) groups excluding carboxylic acids is 3. The zero-order valence-corrected chi connectivity index (χ0v) is 43.5. The molecule has 0 saturated heterocycles. The minimum atomic E-state index is -0.798. The highest BCUT2D eigenvalue weighted by Crippen LogP contribution is 2.18. The van der Waals surface area contributed by atoms with Gasteiger partial charge in [-0.05, 0) is 44.9 Å². The Hall–Kier alpha value is -1.67. The fraction of sp³-hybridized carbons (Fsp3) is 0.947. The number of unbranched alkanes of at least 4 members (excludes halogenated alkanes) is 34. The van der Waals surface area contributed by atoms with Crippen molar-refractivity contribution in [3.63, 3.8) is 0 Å². The quantitative estimate of drug-likeness (QED) is 0.0352. The highest BCUT2D eigenvalue weighted by Gasteiger charge is 2.19. The topological polar surface area (TPSA) is 119 Å². The first-order valence-corrected chi connectivity index (χ1v) is 28.7. The number of hydrogen-bond donors (Lipinski definition) is 2. The van der Waals surface area contributed by atoms with Gasteiger partial charge in [-0.2, -0.15) is 0 Å². The molecule has 0 aliphatic rings. The highest BCUT2D eigenvalue weighted by molar-refractivity contribution is 5.71. The van der Waals surface area contributed by atoms with E-state index in [0.717, 1.165) is 122 Å². The van der Waals surface area contributed by atoms with Gasteiger partial charge >= 0.3 is 17.9 Å². The Bertz CT molecular complexity index is 1000. The first kappa shape index (κ1) is 63.3. The van der Waals surface area contributed by atoms with Crippen LogP contribution in [0.2, 0.25) is 0 Å². The van der Waals surface area contributed by atoms with Gasteiger partial charge in [0.25, 0.3) is 0 Å². The minimum Gasteiger partial charge on any atom is -0.462 e. The average molecular weight is 923 g/mol. The molecule has 0 heterocycles. The Kier molecular flexibility index (Phi) is 50.4. The monoisotopic (exact) mass is 923 g/mol. The molecule has 386 valence electrons. The minimum absolute atomic E-state index is 0.0929. The molecular weight excluding hydrogens is 813 g/mol. The summed E-state index contributed by atoms with van der Waals surface area (Å²) >= 11 is 0. The predicted molar refractivity (Wildman–Crippen MR) is 273 cm³/mol. The van der Waals surface area contributed by atoms with E-state index in [1.54, 1.807) is 0 Å². The SMILES string of the molecule is CCCCCCCCCCCCCCCCCC(=O)OCC(COC(=O)CCCCCCCCCCC(O)CCCCCC)OC(=O)CCCCCCCCCCC(O)CCCCCC. The smallest absolute Gasteiger partial charge is 0.306 e. The van der Waals surface area contributed by atoms with Gasteiger partial charge in [0.1, 0.15) is 13.2 Å². The van der Waals surface area contributed by atoms with Crippen molar-refractivity contribution in [2.24, 2.45) is 0 Å². The van der Waals surface area contributed by atoms with Gasteiger partial charge in [-0.1, -0.05) is 252 Å². The Morgan fingerprint density at radius 3 is 0.800 bits per heavy atom. The van der Waals surface area contributed by atoms with Crippen LogP contribution in [-0.2, 0) is 28.6 Å². The molecule has 3 atom stereocenters. The molecule has 8 heteroatoms. The Labute approximate surface area is 403 Å². The molecule has 3 unspecified atom stereocenters. The molecular formula is C57H110O8. The van der Waals surface area contributed by atoms with E-state index in [-0.39, 0.29) is 43.3 Å². The van der Waals surface area contributed by atoms with Gasteiger partial charge in [-0.3, -0.25) is 14.4 Å². The summed E-state index contributed by atoms with van der Waals surface area (Å²) in [5.41, 5.74) is 0. The van der Waals surface area contributed by atoms with Crippen LogP contribution in [0.3, 0.4) is 0 Å². The molecule has 8 nitrogen and oxygen atoms in total. The number of ether oxygens (including phenoxy) is 3. The largest absolute Gasteiger partial charge is 0.462 e. The van der Waals surface area contributed by atoms with E-state index in [1.807, 2.05) is 0 Å². The first-order valence-electron chi connectivity index (χ1n) is 28.7. The molecule has 0 aliphatic carbocycles. The van der Waals surface area contributed by atoms with E-state index in [1.165, 1.54) is 154 Å². The van der Waals surface area contributed by atoms with E-state index >= 15 is 0 Å². The molecule has 0 aromatic heterocycles. The zero-order valence-electron chi connectivity index (χ0n) is 43.5. The number of carbonyl (C=O) groups is 3. The Morgan fingerprint density at radius 1 is 0.308 bits per heavy atom. The fourth-order valence-electron chi connectivity index (χ4n) is 8.84. The molecule has 0 fully saturated rings. The average Bonchev–Trinajstić information content (AvgIpc) is 3.30. The number of rotatable bonds is 53. The predicted octanol–water partition coefficient (Wildman–Crippen LogP) is 16.7. The van der Waals surface area contributed by atoms with Crippen LogP contribution >= 0.6 is 0 Å². The van der Waals surface area contributed by atoms with Crippen LogP contribution in [0.15, 0.2) is 0 Å². The molecule has 0 bridgehead atoms. The van der Waals surface area contributed by atoms with Crippen LogP contribution < -0.4 is 0 Å². The van der Waals surface area contributed by atoms with Crippen molar-refractivity contribution in [1.82, 2.24) is 0 Å². The second kappa shape index (κ2) is 51.7.